The Morgan fingerprint density at radius 1 is 1.00 bits per heavy atom. The quantitative estimate of drug-likeness (QED) is 0.239. The summed E-state index contributed by atoms with van der Waals surface area (Å²) >= 11 is 12.8. The molecule has 0 bridgehead atoms. The third kappa shape index (κ3) is 7.93. The van der Waals surface area contributed by atoms with Gasteiger partial charge in [0.05, 0.1) is 16.9 Å². The largest absolute Gasteiger partial charge is 0.355 e. The molecule has 13 heteroatoms. The van der Waals surface area contributed by atoms with Crippen LogP contribution in [0.15, 0.2) is 72.8 Å². The van der Waals surface area contributed by atoms with Crippen LogP contribution in [0, 0.1) is 10.1 Å². The number of nitrogens with zero attached hydrogens (tertiary/aromatic N) is 3. The van der Waals surface area contributed by atoms with E-state index < -0.39 is 39.3 Å². The molecule has 0 saturated heterocycles. The Bertz CT molecular complexity index is 1470. The van der Waals surface area contributed by atoms with Crippen molar-refractivity contribution in [2.45, 2.75) is 25.9 Å². The highest BCUT2D eigenvalue weighted by molar-refractivity contribution is 7.92. The zero-order chi connectivity index (χ0) is 29.4. The van der Waals surface area contributed by atoms with E-state index >= 15 is 0 Å². The van der Waals surface area contributed by atoms with E-state index in [2.05, 4.69) is 5.32 Å². The molecule has 0 spiro atoms. The van der Waals surface area contributed by atoms with Crippen LogP contribution in [-0.2, 0) is 32.6 Å². The number of sulfonamides is 1. The molecule has 0 aliphatic carbocycles. The van der Waals surface area contributed by atoms with Gasteiger partial charge < -0.3 is 10.2 Å². The van der Waals surface area contributed by atoms with Gasteiger partial charge in [0.1, 0.15) is 12.6 Å². The molecule has 40 heavy (non-hydrogen) atoms. The zero-order valence-corrected chi connectivity index (χ0v) is 24.1. The van der Waals surface area contributed by atoms with Crippen LogP contribution in [0.25, 0.3) is 0 Å². The van der Waals surface area contributed by atoms with E-state index in [0.29, 0.717) is 12.1 Å². The number of nitro benzene ring substituents is 1. The Labute approximate surface area is 242 Å². The van der Waals surface area contributed by atoms with E-state index in [0.717, 1.165) is 22.2 Å². The molecule has 0 aliphatic heterocycles. The Hall–Kier alpha value is -3.67. The van der Waals surface area contributed by atoms with Crippen LogP contribution in [0.4, 0.5) is 11.4 Å². The van der Waals surface area contributed by atoms with Gasteiger partial charge in [-0.3, -0.25) is 24.0 Å². The van der Waals surface area contributed by atoms with E-state index in [9.17, 15) is 28.1 Å². The first kappa shape index (κ1) is 30.9. The molecule has 0 heterocycles. The van der Waals surface area contributed by atoms with Crippen molar-refractivity contribution in [2.24, 2.45) is 0 Å². The number of nitro groups is 1. The minimum Gasteiger partial charge on any atom is -0.355 e. The molecule has 2 amide bonds. The van der Waals surface area contributed by atoms with Crippen LogP contribution >= 0.6 is 23.2 Å². The predicted molar refractivity (Wildman–Crippen MR) is 155 cm³/mol. The first-order chi connectivity index (χ1) is 18.9. The normalized spacial score (nSPS) is 11.9. The van der Waals surface area contributed by atoms with Crippen molar-refractivity contribution in [1.29, 1.82) is 0 Å². The van der Waals surface area contributed by atoms with Gasteiger partial charge in [-0.15, -0.1) is 0 Å². The highest BCUT2D eigenvalue weighted by atomic mass is 35.5. The lowest BCUT2D eigenvalue weighted by atomic mass is 10.0. The summed E-state index contributed by atoms with van der Waals surface area (Å²) in [7, 11) is -4.08. The molecule has 0 unspecified atom stereocenters. The number of amides is 2. The molecule has 0 aromatic heterocycles. The number of non-ortho nitro benzene ring substituents is 1. The van der Waals surface area contributed by atoms with Crippen molar-refractivity contribution in [3.05, 3.63) is 104 Å². The van der Waals surface area contributed by atoms with E-state index in [1.54, 1.807) is 37.3 Å². The fourth-order valence-corrected chi connectivity index (χ4v) is 5.43. The number of likely N-dealkylation sites (N-methyl/N-ethyl adjacent to an activating group) is 1. The Morgan fingerprint density at radius 3 is 2.20 bits per heavy atom. The molecular formula is C27H28Cl2N4O6S. The lowest BCUT2D eigenvalue weighted by Gasteiger charge is -2.33. The standard InChI is InChI=1S/C27H28Cl2N4O6S/c1-3-30-27(35)25(15-19-9-5-4-6-10-19)31(17-22-23(28)13-8-14-24(22)29)26(34)18-32(40(2,38)39)20-11-7-12-21(16-20)33(36)37/h4-14,16,25H,3,15,17-18H2,1-2H3,(H,30,35)/t25-/m1/s1. The minimum atomic E-state index is -4.08. The summed E-state index contributed by atoms with van der Waals surface area (Å²) in [6.07, 6.45) is 1.01. The van der Waals surface area contributed by atoms with Crippen LogP contribution in [0.5, 0.6) is 0 Å². The lowest BCUT2D eigenvalue weighted by Crippen LogP contribution is -2.53. The molecule has 3 aromatic carbocycles. The Kier molecular flexibility index (Phi) is 10.5. The van der Waals surface area contributed by atoms with Crippen molar-refractivity contribution in [2.75, 3.05) is 23.7 Å². The Balaban J connectivity index is 2.10. The number of anilines is 1. The molecule has 10 nitrogen and oxygen atoms in total. The van der Waals surface area contributed by atoms with Crippen LogP contribution < -0.4 is 9.62 Å². The molecule has 0 aliphatic rings. The molecule has 3 aromatic rings. The highest BCUT2D eigenvalue weighted by Gasteiger charge is 2.33. The average molecular weight is 608 g/mol. The molecule has 0 fully saturated rings. The second-order valence-corrected chi connectivity index (χ2v) is 11.6. The Morgan fingerprint density at radius 2 is 1.62 bits per heavy atom. The van der Waals surface area contributed by atoms with Gasteiger partial charge in [-0.1, -0.05) is 65.7 Å². The van der Waals surface area contributed by atoms with Crippen molar-refractivity contribution >= 4 is 56.4 Å². The summed E-state index contributed by atoms with van der Waals surface area (Å²) in [4.78, 5) is 39.2. The van der Waals surface area contributed by atoms with Gasteiger partial charge in [-0.25, -0.2) is 8.42 Å². The molecular weight excluding hydrogens is 579 g/mol. The van der Waals surface area contributed by atoms with Gasteiger partial charge in [0, 0.05) is 47.3 Å². The van der Waals surface area contributed by atoms with Crippen LogP contribution in [0.2, 0.25) is 10.0 Å². The number of nitrogens with one attached hydrogen (secondary N) is 1. The maximum atomic E-state index is 14.0. The summed E-state index contributed by atoms with van der Waals surface area (Å²) in [5.74, 6) is -1.19. The summed E-state index contributed by atoms with van der Waals surface area (Å²) < 4.78 is 26.4. The molecule has 0 radical (unpaired) electrons. The summed E-state index contributed by atoms with van der Waals surface area (Å²) in [5.41, 5.74) is 0.726. The average Bonchev–Trinajstić information content (AvgIpc) is 2.90. The molecule has 1 atom stereocenters. The fraction of sp³-hybridized carbons (Fsp3) is 0.259. The van der Waals surface area contributed by atoms with Gasteiger partial charge in [-0.2, -0.15) is 0 Å². The van der Waals surface area contributed by atoms with E-state index in [-0.39, 0.29) is 34.4 Å². The molecule has 1 N–H and O–H groups in total. The van der Waals surface area contributed by atoms with Gasteiger partial charge in [0.15, 0.2) is 0 Å². The number of halogens is 2. The fourth-order valence-electron chi connectivity index (χ4n) is 4.08. The predicted octanol–water partition coefficient (Wildman–Crippen LogP) is 4.44. The van der Waals surface area contributed by atoms with Crippen LogP contribution in [0.3, 0.4) is 0 Å². The second-order valence-electron chi connectivity index (χ2n) is 8.87. The van der Waals surface area contributed by atoms with E-state index in [1.807, 2.05) is 18.2 Å². The molecule has 3 rings (SSSR count). The summed E-state index contributed by atoms with van der Waals surface area (Å²) in [5, 5.41) is 14.6. The number of rotatable bonds is 12. The second kappa shape index (κ2) is 13.6. The minimum absolute atomic E-state index is 0.0709. The van der Waals surface area contributed by atoms with Crippen molar-refractivity contribution in [1.82, 2.24) is 10.2 Å². The first-order valence-corrected chi connectivity index (χ1v) is 14.8. The first-order valence-electron chi connectivity index (χ1n) is 12.2. The molecule has 212 valence electrons. The highest BCUT2D eigenvalue weighted by Crippen LogP contribution is 2.28. The van der Waals surface area contributed by atoms with E-state index in [4.69, 9.17) is 23.2 Å². The zero-order valence-electron chi connectivity index (χ0n) is 21.8. The van der Waals surface area contributed by atoms with Crippen LogP contribution in [-0.4, -0.2) is 55.4 Å². The van der Waals surface area contributed by atoms with Crippen molar-refractivity contribution < 1.29 is 22.9 Å². The van der Waals surface area contributed by atoms with Gasteiger partial charge in [0.25, 0.3) is 5.69 Å². The number of benzene rings is 3. The summed E-state index contributed by atoms with van der Waals surface area (Å²) in [6.45, 7) is 1.11. The van der Waals surface area contributed by atoms with E-state index in [1.165, 1.54) is 23.1 Å². The van der Waals surface area contributed by atoms with Crippen molar-refractivity contribution in [3.63, 3.8) is 0 Å². The number of hydrogen-bond acceptors (Lipinski definition) is 6. The lowest BCUT2D eigenvalue weighted by molar-refractivity contribution is -0.384. The monoisotopic (exact) mass is 606 g/mol. The topological polar surface area (TPSA) is 130 Å². The SMILES string of the molecule is CCNC(=O)[C@@H](Cc1ccccc1)N(Cc1c(Cl)cccc1Cl)C(=O)CN(c1cccc([N+](=O)[O-])c1)S(C)(=O)=O. The molecule has 0 saturated carbocycles. The summed E-state index contributed by atoms with van der Waals surface area (Å²) in [6, 6.07) is 17.7. The van der Waals surface area contributed by atoms with Gasteiger partial charge >= 0.3 is 0 Å². The maximum absolute atomic E-state index is 14.0. The number of carbonyl (C=O) groups excluding carboxylic acids is 2. The third-order valence-electron chi connectivity index (χ3n) is 6.02. The smallest absolute Gasteiger partial charge is 0.271 e. The van der Waals surface area contributed by atoms with Crippen LogP contribution in [0.1, 0.15) is 18.1 Å². The van der Waals surface area contributed by atoms with Gasteiger partial charge in [0.2, 0.25) is 21.8 Å². The van der Waals surface area contributed by atoms with Gasteiger partial charge in [-0.05, 0) is 30.7 Å². The third-order valence-corrected chi connectivity index (χ3v) is 7.87. The maximum Gasteiger partial charge on any atom is 0.271 e. The number of carbonyl (C=O) groups is 2. The number of hydrogen-bond donors (Lipinski definition) is 1. The van der Waals surface area contributed by atoms with Crippen molar-refractivity contribution in [3.8, 4) is 0 Å².